The Hall–Kier alpha value is -2.47. The van der Waals surface area contributed by atoms with Crippen molar-refractivity contribution in [3.8, 4) is 0 Å². The topological polar surface area (TPSA) is 84.1 Å². The second-order valence-electron chi connectivity index (χ2n) is 6.19. The lowest BCUT2D eigenvalue weighted by atomic mass is 10.1. The number of nitrogens with zero attached hydrogens (tertiary/aromatic N) is 3. The third-order valence-electron chi connectivity index (χ3n) is 4.42. The van der Waals surface area contributed by atoms with Crippen LogP contribution in [0.5, 0.6) is 0 Å². The highest BCUT2D eigenvalue weighted by molar-refractivity contribution is 5.96. The van der Waals surface area contributed by atoms with Crippen molar-refractivity contribution in [2.24, 2.45) is 5.92 Å². The van der Waals surface area contributed by atoms with Gasteiger partial charge in [0.2, 0.25) is 0 Å². The van der Waals surface area contributed by atoms with Crippen molar-refractivity contribution in [3.63, 3.8) is 0 Å². The van der Waals surface area contributed by atoms with Crippen molar-refractivity contribution in [2.75, 3.05) is 31.9 Å². The van der Waals surface area contributed by atoms with Crippen LogP contribution < -0.4 is 11.1 Å². The maximum Gasteiger partial charge on any atom is 0.273 e. The summed E-state index contributed by atoms with van der Waals surface area (Å²) in [7, 11) is 0. The van der Waals surface area contributed by atoms with Crippen LogP contribution in [-0.2, 0) is 6.42 Å². The minimum absolute atomic E-state index is 0.172. The standard InChI is InChI=1S/C18H23N5O/c19-17-16(20-8-9-21-17)18(24)22-12-15-7-11-23(13-15)10-6-14-4-2-1-3-5-14/h1-5,8-9,15H,6-7,10-13H2,(H2,19,21)(H,22,24). The number of rotatable bonds is 6. The molecule has 1 aromatic carbocycles. The zero-order valence-corrected chi connectivity index (χ0v) is 13.7. The van der Waals surface area contributed by atoms with E-state index in [0.717, 1.165) is 32.5 Å². The van der Waals surface area contributed by atoms with E-state index in [1.807, 2.05) is 6.07 Å². The summed E-state index contributed by atoms with van der Waals surface area (Å²) in [6.45, 7) is 3.81. The molecule has 1 fully saturated rings. The molecule has 1 amide bonds. The molecule has 6 heteroatoms. The second kappa shape index (κ2) is 7.88. The third kappa shape index (κ3) is 4.29. The number of hydrogen-bond acceptors (Lipinski definition) is 5. The van der Waals surface area contributed by atoms with E-state index < -0.39 is 0 Å². The Bertz CT molecular complexity index is 676. The van der Waals surface area contributed by atoms with Gasteiger partial charge >= 0.3 is 0 Å². The number of aromatic nitrogens is 2. The fraction of sp³-hybridized carbons (Fsp3) is 0.389. The van der Waals surface area contributed by atoms with Gasteiger partial charge in [0.25, 0.3) is 5.91 Å². The Morgan fingerprint density at radius 2 is 2.04 bits per heavy atom. The van der Waals surface area contributed by atoms with Gasteiger partial charge in [-0.1, -0.05) is 30.3 Å². The molecule has 3 rings (SSSR count). The van der Waals surface area contributed by atoms with E-state index in [1.54, 1.807) is 0 Å². The van der Waals surface area contributed by atoms with E-state index in [2.05, 4.69) is 44.5 Å². The molecule has 3 N–H and O–H groups in total. The van der Waals surface area contributed by atoms with Gasteiger partial charge in [-0.25, -0.2) is 9.97 Å². The first kappa shape index (κ1) is 16.4. The van der Waals surface area contributed by atoms with Crippen LogP contribution in [0.15, 0.2) is 42.7 Å². The Kier molecular flexibility index (Phi) is 5.38. The number of nitrogen functional groups attached to an aromatic ring is 1. The molecule has 1 aromatic heterocycles. The highest BCUT2D eigenvalue weighted by Crippen LogP contribution is 2.16. The summed E-state index contributed by atoms with van der Waals surface area (Å²) in [5.41, 5.74) is 7.25. The van der Waals surface area contributed by atoms with E-state index >= 15 is 0 Å². The molecule has 126 valence electrons. The first-order valence-corrected chi connectivity index (χ1v) is 8.33. The van der Waals surface area contributed by atoms with Gasteiger partial charge in [0.1, 0.15) is 0 Å². The smallest absolute Gasteiger partial charge is 0.273 e. The normalized spacial score (nSPS) is 17.8. The Morgan fingerprint density at radius 1 is 1.25 bits per heavy atom. The minimum Gasteiger partial charge on any atom is -0.382 e. The number of anilines is 1. The SMILES string of the molecule is Nc1nccnc1C(=O)NCC1CCN(CCc2ccccc2)C1. The molecule has 0 spiro atoms. The average Bonchev–Trinajstić information content (AvgIpc) is 3.07. The Balaban J connectivity index is 1.42. The summed E-state index contributed by atoms with van der Waals surface area (Å²) >= 11 is 0. The maximum absolute atomic E-state index is 12.1. The van der Waals surface area contributed by atoms with Gasteiger partial charge in [0.05, 0.1) is 0 Å². The average molecular weight is 325 g/mol. The molecule has 1 aliphatic rings. The fourth-order valence-corrected chi connectivity index (χ4v) is 3.06. The first-order valence-electron chi connectivity index (χ1n) is 8.33. The fourth-order valence-electron chi connectivity index (χ4n) is 3.06. The van der Waals surface area contributed by atoms with Crippen LogP contribution >= 0.6 is 0 Å². The second-order valence-corrected chi connectivity index (χ2v) is 6.19. The van der Waals surface area contributed by atoms with Crippen molar-refractivity contribution in [2.45, 2.75) is 12.8 Å². The van der Waals surface area contributed by atoms with Crippen LogP contribution in [0.2, 0.25) is 0 Å². The number of nitrogens with two attached hydrogens (primary N) is 1. The van der Waals surface area contributed by atoms with Crippen molar-refractivity contribution >= 4 is 11.7 Å². The van der Waals surface area contributed by atoms with Crippen molar-refractivity contribution in [3.05, 3.63) is 54.0 Å². The summed E-state index contributed by atoms with van der Waals surface area (Å²) in [5.74, 6) is 0.400. The molecule has 2 aromatic rings. The molecule has 0 saturated carbocycles. The van der Waals surface area contributed by atoms with Crippen LogP contribution in [0, 0.1) is 5.92 Å². The largest absolute Gasteiger partial charge is 0.382 e. The predicted octanol–water partition coefficient (Wildman–Crippen LogP) is 1.35. The number of amides is 1. The van der Waals surface area contributed by atoms with E-state index in [0.29, 0.717) is 12.5 Å². The summed E-state index contributed by atoms with van der Waals surface area (Å²) < 4.78 is 0. The lowest BCUT2D eigenvalue weighted by Crippen LogP contribution is -2.32. The van der Waals surface area contributed by atoms with Gasteiger partial charge < -0.3 is 16.0 Å². The molecule has 0 radical (unpaired) electrons. The summed E-state index contributed by atoms with van der Waals surface area (Å²) in [6.07, 6.45) is 5.13. The van der Waals surface area contributed by atoms with Gasteiger partial charge in [0, 0.05) is 32.0 Å². The number of carbonyl (C=O) groups excluding carboxylic acids is 1. The molecule has 1 aliphatic heterocycles. The van der Waals surface area contributed by atoms with E-state index in [9.17, 15) is 4.79 Å². The monoisotopic (exact) mass is 325 g/mol. The summed E-state index contributed by atoms with van der Waals surface area (Å²) in [5, 5.41) is 2.93. The van der Waals surface area contributed by atoms with Gasteiger partial charge in [-0.2, -0.15) is 0 Å². The zero-order valence-electron chi connectivity index (χ0n) is 13.7. The van der Waals surface area contributed by atoms with Crippen LogP contribution in [0.1, 0.15) is 22.5 Å². The lowest BCUT2D eigenvalue weighted by Gasteiger charge is -2.16. The molecule has 1 unspecified atom stereocenters. The highest BCUT2D eigenvalue weighted by Gasteiger charge is 2.23. The number of likely N-dealkylation sites (tertiary alicyclic amines) is 1. The molecular formula is C18H23N5O. The quantitative estimate of drug-likeness (QED) is 0.837. The van der Waals surface area contributed by atoms with Crippen LogP contribution in [0.4, 0.5) is 5.82 Å². The molecule has 0 bridgehead atoms. The molecule has 24 heavy (non-hydrogen) atoms. The van der Waals surface area contributed by atoms with Gasteiger partial charge in [-0.05, 0) is 30.9 Å². The zero-order chi connectivity index (χ0) is 16.8. The van der Waals surface area contributed by atoms with Gasteiger partial charge in [-0.15, -0.1) is 0 Å². The number of carbonyl (C=O) groups is 1. The van der Waals surface area contributed by atoms with Crippen molar-refractivity contribution in [1.82, 2.24) is 20.2 Å². The molecule has 2 heterocycles. The Labute approximate surface area is 142 Å². The molecular weight excluding hydrogens is 302 g/mol. The first-order chi connectivity index (χ1) is 11.7. The highest BCUT2D eigenvalue weighted by atomic mass is 16.1. The third-order valence-corrected chi connectivity index (χ3v) is 4.42. The summed E-state index contributed by atoms with van der Waals surface area (Å²) in [4.78, 5) is 22.4. The van der Waals surface area contributed by atoms with E-state index in [1.165, 1.54) is 18.0 Å². The minimum atomic E-state index is -0.247. The van der Waals surface area contributed by atoms with Crippen molar-refractivity contribution in [1.29, 1.82) is 0 Å². The van der Waals surface area contributed by atoms with Crippen molar-refractivity contribution < 1.29 is 4.79 Å². The molecule has 0 aliphatic carbocycles. The van der Waals surface area contributed by atoms with Crippen LogP contribution in [0.3, 0.4) is 0 Å². The summed E-state index contributed by atoms with van der Waals surface area (Å²) in [6, 6.07) is 10.5. The van der Waals surface area contributed by atoms with Crippen LogP contribution in [0.25, 0.3) is 0 Å². The van der Waals surface area contributed by atoms with Gasteiger partial charge in [0.15, 0.2) is 11.5 Å². The Morgan fingerprint density at radius 3 is 2.83 bits per heavy atom. The maximum atomic E-state index is 12.1. The number of nitrogens with one attached hydrogen (secondary N) is 1. The molecule has 6 nitrogen and oxygen atoms in total. The van der Waals surface area contributed by atoms with Gasteiger partial charge in [-0.3, -0.25) is 4.79 Å². The van der Waals surface area contributed by atoms with Crippen LogP contribution in [-0.4, -0.2) is 47.0 Å². The molecule has 1 atom stereocenters. The number of benzene rings is 1. The van der Waals surface area contributed by atoms with E-state index in [4.69, 9.17) is 5.73 Å². The van der Waals surface area contributed by atoms with E-state index in [-0.39, 0.29) is 17.4 Å². The molecule has 1 saturated heterocycles. The predicted molar refractivity (Wildman–Crippen MR) is 93.5 cm³/mol. The number of hydrogen-bond donors (Lipinski definition) is 2. The lowest BCUT2D eigenvalue weighted by molar-refractivity contribution is 0.0943.